The zero-order valence-corrected chi connectivity index (χ0v) is 17.9. The first-order valence-corrected chi connectivity index (χ1v) is 11.2. The molecule has 0 spiro atoms. The van der Waals surface area contributed by atoms with Crippen LogP contribution in [-0.4, -0.2) is 22.9 Å². The van der Waals surface area contributed by atoms with E-state index in [2.05, 4.69) is 12.2 Å². The summed E-state index contributed by atoms with van der Waals surface area (Å²) in [6, 6.07) is 0. The minimum Gasteiger partial charge on any atom is -0.481 e. The van der Waals surface area contributed by atoms with Crippen molar-refractivity contribution >= 4 is 34.1 Å². The number of primary amides is 1. The van der Waals surface area contributed by atoms with Crippen LogP contribution in [-0.2, 0) is 22.4 Å². The van der Waals surface area contributed by atoms with E-state index in [-0.39, 0.29) is 17.7 Å². The Kier molecular flexibility index (Phi) is 5.05. The van der Waals surface area contributed by atoms with Crippen LogP contribution >= 0.6 is 11.3 Å². The molecular formula is C22H28N2O4S. The largest absolute Gasteiger partial charge is 0.481 e. The van der Waals surface area contributed by atoms with Crippen molar-refractivity contribution in [1.82, 2.24) is 0 Å². The van der Waals surface area contributed by atoms with E-state index >= 15 is 0 Å². The number of hydrogen-bond donors (Lipinski definition) is 3. The summed E-state index contributed by atoms with van der Waals surface area (Å²) in [5.41, 5.74) is 9.31. The topological polar surface area (TPSA) is 109 Å². The van der Waals surface area contributed by atoms with Crippen molar-refractivity contribution in [2.75, 3.05) is 5.32 Å². The number of rotatable bonds is 4. The first-order chi connectivity index (χ1) is 13.7. The molecule has 0 radical (unpaired) electrons. The van der Waals surface area contributed by atoms with Crippen LogP contribution in [0.15, 0.2) is 11.1 Å². The van der Waals surface area contributed by atoms with E-state index < -0.39 is 23.7 Å². The standard InChI is InChI=1S/C22H28N2O4S/c1-9(2)15-12-6-7-13(15)17(22(27)28)16(12)20(26)24-21-18(19(23)25)11-5-4-10(3)8-14(11)29-21/h10,12-13,16-17H,4-8H2,1-3H3,(H2,23,25)(H,24,26)(H,27,28)/t10-,12-,13-,16+,17-/m1/s1. The van der Waals surface area contributed by atoms with Gasteiger partial charge in [0.05, 0.1) is 17.4 Å². The fourth-order valence-electron chi connectivity index (χ4n) is 5.90. The van der Waals surface area contributed by atoms with Crippen LogP contribution in [0.1, 0.15) is 60.8 Å². The summed E-state index contributed by atoms with van der Waals surface area (Å²) in [7, 11) is 0. The highest BCUT2D eigenvalue weighted by Crippen LogP contribution is 2.57. The number of nitrogens with one attached hydrogen (secondary N) is 1. The number of carboxylic acid groups (broad SMARTS) is 1. The molecule has 2 bridgehead atoms. The van der Waals surface area contributed by atoms with Gasteiger partial charge in [0.1, 0.15) is 5.00 Å². The van der Waals surface area contributed by atoms with E-state index in [1.165, 1.54) is 11.3 Å². The Hall–Kier alpha value is -2.15. The van der Waals surface area contributed by atoms with Crippen molar-refractivity contribution in [3.8, 4) is 0 Å². The van der Waals surface area contributed by atoms with E-state index in [4.69, 9.17) is 5.73 Å². The maximum absolute atomic E-state index is 13.3. The Morgan fingerprint density at radius 1 is 1.10 bits per heavy atom. The van der Waals surface area contributed by atoms with Crippen LogP contribution < -0.4 is 11.1 Å². The average Bonchev–Trinajstić information content (AvgIpc) is 3.29. The van der Waals surface area contributed by atoms with Crippen LogP contribution in [0.5, 0.6) is 0 Å². The van der Waals surface area contributed by atoms with Crippen LogP contribution in [0.2, 0.25) is 0 Å². The van der Waals surface area contributed by atoms with Crippen molar-refractivity contribution in [1.29, 1.82) is 0 Å². The number of hydrogen-bond acceptors (Lipinski definition) is 4. The zero-order chi connectivity index (χ0) is 21.0. The van der Waals surface area contributed by atoms with E-state index in [1.807, 2.05) is 13.8 Å². The third kappa shape index (κ3) is 3.19. The maximum Gasteiger partial charge on any atom is 0.307 e. The summed E-state index contributed by atoms with van der Waals surface area (Å²) in [6.07, 6.45) is 4.32. The number of aliphatic carboxylic acids is 1. The quantitative estimate of drug-likeness (QED) is 0.651. The number of nitrogens with two attached hydrogens (primary N) is 1. The highest BCUT2D eigenvalue weighted by atomic mass is 32.1. The van der Waals surface area contributed by atoms with Gasteiger partial charge < -0.3 is 16.2 Å². The molecule has 29 heavy (non-hydrogen) atoms. The Morgan fingerprint density at radius 2 is 1.76 bits per heavy atom. The van der Waals surface area contributed by atoms with E-state index in [0.29, 0.717) is 16.5 Å². The predicted octanol–water partition coefficient (Wildman–Crippen LogP) is 3.60. The molecule has 4 N–H and O–H groups in total. The maximum atomic E-state index is 13.3. The molecule has 7 heteroatoms. The summed E-state index contributed by atoms with van der Waals surface area (Å²) in [4.78, 5) is 38.6. The Morgan fingerprint density at radius 3 is 2.34 bits per heavy atom. The van der Waals surface area contributed by atoms with Crippen molar-refractivity contribution in [3.63, 3.8) is 0 Å². The van der Waals surface area contributed by atoms with Gasteiger partial charge in [0.25, 0.3) is 5.91 Å². The summed E-state index contributed by atoms with van der Waals surface area (Å²) in [6.45, 7) is 6.18. The van der Waals surface area contributed by atoms with E-state index in [0.717, 1.165) is 53.7 Å². The molecule has 3 aliphatic carbocycles. The van der Waals surface area contributed by atoms with Gasteiger partial charge in [0.2, 0.25) is 5.91 Å². The Labute approximate surface area is 174 Å². The fourth-order valence-corrected chi connectivity index (χ4v) is 7.32. The van der Waals surface area contributed by atoms with Crippen LogP contribution in [0.25, 0.3) is 0 Å². The number of amides is 2. The second-order valence-electron chi connectivity index (χ2n) is 9.04. The van der Waals surface area contributed by atoms with Gasteiger partial charge in [-0.3, -0.25) is 14.4 Å². The number of carbonyl (C=O) groups excluding carboxylic acids is 2. The molecule has 2 amide bonds. The second-order valence-corrected chi connectivity index (χ2v) is 10.2. The third-order valence-electron chi connectivity index (χ3n) is 7.00. The third-order valence-corrected chi connectivity index (χ3v) is 8.17. The highest BCUT2D eigenvalue weighted by Gasteiger charge is 2.57. The molecule has 156 valence electrons. The number of fused-ring (bicyclic) bond motifs is 3. The molecule has 2 saturated carbocycles. The van der Waals surface area contributed by atoms with Crippen molar-refractivity contribution in [3.05, 3.63) is 27.2 Å². The van der Waals surface area contributed by atoms with Gasteiger partial charge in [-0.25, -0.2) is 0 Å². The molecule has 5 atom stereocenters. The predicted molar refractivity (Wildman–Crippen MR) is 112 cm³/mol. The highest BCUT2D eigenvalue weighted by molar-refractivity contribution is 7.17. The molecular weight excluding hydrogens is 388 g/mol. The molecule has 1 aromatic heterocycles. The first kappa shape index (κ1) is 20.1. The normalized spacial score (nSPS) is 30.2. The number of anilines is 1. The summed E-state index contributed by atoms with van der Waals surface area (Å²) >= 11 is 1.43. The molecule has 4 rings (SSSR count). The summed E-state index contributed by atoms with van der Waals surface area (Å²) < 4.78 is 0. The minimum atomic E-state index is -0.912. The molecule has 0 unspecified atom stereocenters. The molecule has 0 aliphatic heterocycles. The lowest BCUT2D eigenvalue weighted by molar-refractivity contribution is -0.148. The van der Waals surface area contributed by atoms with Crippen molar-refractivity contribution < 1.29 is 19.5 Å². The van der Waals surface area contributed by atoms with Gasteiger partial charge in [-0.05, 0) is 69.3 Å². The van der Waals surface area contributed by atoms with Gasteiger partial charge in [-0.1, -0.05) is 18.1 Å². The number of carboxylic acids is 1. The fraction of sp³-hybridized carbons (Fsp3) is 0.591. The zero-order valence-electron chi connectivity index (χ0n) is 17.1. The summed E-state index contributed by atoms with van der Waals surface area (Å²) in [5.74, 6) is -2.60. The molecule has 0 saturated heterocycles. The van der Waals surface area contributed by atoms with Crippen LogP contribution in [0.3, 0.4) is 0 Å². The molecule has 3 aliphatic rings. The Balaban J connectivity index is 1.67. The first-order valence-electron chi connectivity index (χ1n) is 10.4. The van der Waals surface area contributed by atoms with Gasteiger partial charge in [-0.15, -0.1) is 11.3 Å². The van der Waals surface area contributed by atoms with Crippen LogP contribution in [0.4, 0.5) is 5.00 Å². The molecule has 0 aromatic carbocycles. The SMILES string of the molecule is CC(C)=C1[C@H]2CC[C@H]1[C@@H](C(=O)O)[C@H]2C(=O)Nc1sc2c(c1C(N)=O)CC[C@@H](C)C2. The number of thiophene rings is 1. The molecule has 1 heterocycles. The smallest absolute Gasteiger partial charge is 0.307 e. The van der Waals surface area contributed by atoms with Crippen molar-refractivity contribution in [2.24, 2.45) is 35.3 Å². The van der Waals surface area contributed by atoms with E-state index in [9.17, 15) is 19.5 Å². The lowest BCUT2D eigenvalue weighted by Gasteiger charge is -2.26. The van der Waals surface area contributed by atoms with Gasteiger partial charge in [0.15, 0.2) is 0 Å². The van der Waals surface area contributed by atoms with Crippen molar-refractivity contribution in [2.45, 2.75) is 52.9 Å². The second kappa shape index (κ2) is 7.27. The molecule has 1 aromatic rings. The van der Waals surface area contributed by atoms with Gasteiger partial charge in [-0.2, -0.15) is 0 Å². The van der Waals surface area contributed by atoms with Gasteiger partial charge in [0, 0.05) is 4.88 Å². The average molecular weight is 417 g/mol. The number of carbonyl (C=O) groups is 3. The lowest BCUT2D eigenvalue weighted by atomic mass is 9.78. The monoisotopic (exact) mass is 416 g/mol. The molecule has 2 fully saturated rings. The Bertz CT molecular complexity index is 927. The van der Waals surface area contributed by atoms with Gasteiger partial charge >= 0.3 is 5.97 Å². The summed E-state index contributed by atoms with van der Waals surface area (Å²) in [5, 5.41) is 13.3. The van der Waals surface area contributed by atoms with E-state index in [1.54, 1.807) is 0 Å². The minimum absolute atomic E-state index is 0.0299. The number of allylic oxidation sites excluding steroid dienone is 2. The molecule has 6 nitrogen and oxygen atoms in total. The lowest BCUT2D eigenvalue weighted by Crippen LogP contribution is -2.38. The van der Waals surface area contributed by atoms with Crippen LogP contribution in [0, 0.1) is 29.6 Å².